The smallest absolute Gasteiger partial charge is 0.330 e. The predicted octanol–water partition coefficient (Wildman–Crippen LogP) is 3.90. The average molecular weight is 470 g/mol. The molecule has 2 aliphatic rings. The monoisotopic (exact) mass is 469 g/mol. The van der Waals surface area contributed by atoms with Gasteiger partial charge in [-0.15, -0.1) is 0 Å². The number of aromatic nitrogens is 3. The Bertz CT molecular complexity index is 1100. The van der Waals surface area contributed by atoms with Gasteiger partial charge in [0.2, 0.25) is 5.91 Å². The molecule has 2 fully saturated rings. The van der Waals surface area contributed by atoms with Crippen LogP contribution in [-0.4, -0.2) is 51.1 Å². The van der Waals surface area contributed by atoms with Gasteiger partial charge in [0.1, 0.15) is 0 Å². The maximum absolute atomic E-state index is 13.1. The van der Waals surface area contributed by atoms with Gasteiger partial charge in [0, 0.05) is 37.2 Å². The van der Waals surface area contributed by atoms with Crippen molar-refractivity contribution in [3.8, 4) is 0 Å². The van der Waals surface area contributed by atoms with Crippen LogP contribution >= 0.6 is 0 Å². The summed E-state index contributed by atoms with van der Waals surface area (Å²) < 4.78 is 3.53. The van der Waals surface area contributed by atoms with Gasteiger partial charge in [-0.2, -0.15) is 0 Å². The van der Waals surface area contributed by atoms with Gasteiger partial charge in [-0.3, -0.25) is 13.9 Å². The van der Waals surface area contributed by atoms with Crippen LogP contribution in [0.5, 0.6) is 0 Å². The molecule has 7 nitrogen and oxygen atoms in total. The van der Waals surface area contributed by atoms with Crippen molar-refractivity contribution in [2.24, 2.45) is 23.8 Å². The zero-order valence-corrected chi connectivity index (χ0v) is 22.1. The molecule has 3 heterocycles. The molecule has 1 saturated heterocycles. The number of carbonyl (C=O) groups excluding carboxylic acids is 1. The van der Waals surface area contributed by atoms with Crippen molar-refractivity contribution >= 4 is 17.1 Å². The van der Waals surface area contributed by atoms with E-state index in [1.807, 2.05) is 11.6 Å². The van der Waals surface area contributed by atoms with Crippen LogP contribution in [0, 0.1) is 16.7 Å². The molecule has 7 heteroatoms. The third-order valence-electron chi connectivity index (χ3n) is 8.06. The summed E-state index contributed by atoms with van der Waals surface area (Å²) in [5.41, 5.74) is 2.74. The lowest BCUT2D eigenvalue weighted by atomic mass is 9.68. The SMILES string of the molecule is CN1CCC(C(=O)NC2CC(c3ccc4c(n3)n(C)c(=O)n4CC(C)(C)C)CCC2(C)C)CC1. The van der Waals surface area contributed by atoms with Crippen molar-refractivity contribution in [3.63, 3.8) is 0 Å². The molecule has 1 saturated carbocycles. The second-order valence-corrected chi connectivity index (χ2v) is 12.7. The summed E-state index contributed by atoms with van der Waals surface area (Å²) in [6.45, 7) is 13.6. The number of pyridine rings is 1. The maximum Gasteiger partial charge on any atom is 0.330 e. The fourth-order valence-electron chi connectivity index (χ4n) is 5.67. The lowest BCUT2D eigenvalue weighted by Gasteiger charge is -2.43. The second-order valence-electron chi connectivity index (χ2n) is 12.7. The van der Waals surface area contributed by atoms with E-state index in [4.69, 9.17) is 4.98 Å². The number of hydrogen-bond donors (Lipinski definition) is 1. The number of likely N-dealkylation sites (tertiary alicyclic amines) is 1. The minimum Gasteiger partial charge on any atom is -0.353 e. The molecule has 188 valence electrons. The molecule has 1 aliphatic carbocycles. The number of fused-ring (bicyclic) bond motifs is 1. The van der Waals surface area contributed by atoms with Gasteiger partial charge < -0.3 is 10.2 Å². The van der Waals surface area contributed by atoms with Gasteiger partial charge in [-0.1, -0.05) is 34.6 Å². The summed E-state index contributed by atoms with van der Waals surface area (Å²) in [7, 11) is 3.94. The van der Waals surface area contributed by atoms with E-state index in [0.29, 0.717) is 6.54 Å². The molecule has 34 heavy (non-hydrogen) atoms. The highest BCUT2D eigenvalue weighted by Crippen LogP contribution is 2.42. The first-order chi connectivity index (χ1) is 15.9. The molecule has 0 spiro atoms. The number of nitrogens with zero attached hydrogens (tertiary/aromatic N) is 4. The molecule has 2 aromatic rings. The number of rotatable bonds is 4. The van der Waals surface area contributed by atoms with Crippen molar-refractivity contribution in [1.29, 1.82) is 0 Å². The van der Waals surface area contributed by atoms with Crippen LogP contribution in [0.3, 0.4) is 0 Å². The number of carbonyl (C=O) groups is 1. The van der Waals surface area contributed by atoms with Crippen molar-refractivity contribution < 1.29 is 4.79 Å². The summed E-state index contributed by atoms with van der Waals surface area (Å²) in [4.78, 5) is 33.3. The Morgan fingerprint density at radius 1 is 1.15 bits per heavy atom. The molecule has 0 aromatic carbocycles. The minimum atomic E-state index is -0.0115. The largest absolute Gasteiger partial charge is 0.353 e. The maximum atomic E-state index is 13.1. The van der Waals surface area contributed by atoms with Crippen molar-refractivity contribution in [1.82, 2.24) is 24.3 Å². The van der Waals surface area contributed by atoms with Gasteiger partial charge >= 0.3 is 5.69 Å². The van der Waals surface area contributed by atoms with Crippen LogP contribution < -0.4 is 11.0 Å². The molecule has 0 bridgehead atoms. The fraction of sp³-hybridized carbons (Fsp3) is 0.741. The Morgan fingerprint density at radius 2 is 1.82 bits per heavy atom. The summed E-state index contributed by atoms with van der Waals surface area (Å²) in [6, 6.07) is 4.29. The molecule has 0 radical (unpaired) electrons. The van der Waals surface area contributed by atoms with Crippen molar-refractivity contribution in [2.45, 2.75) is 85.2 Å². The zero-order chi connectivity index (χ0) is 24.8. The Kier molecular flexibility index (Phi) is 6.71. The molecule has 1 amide bonds. The average Bonchev–Trinajstić information content (AvgIpc) is 2.99. The fourth-order valence-corrected chi connectivity index (χ4v) is 5.67. The second kappa shape index (κ2) is 9.14. The molecule has 1 aliphatic heterocycles. The first kappa shape index (κ1) is 25.0. The number of nitrogens with one attached hydrogen (secondary N) is 1. The highest BCUT2D eigenvalue weighted by molar-refractivity contribution is 5.79. The molecular formula is C27H43N5O2. The van der Waals surface area contributed by atoms with Crippen LogP contribution in [-0.2, 0) is 18.4 Å². The zero-order valence-electron chi connectivity index (χ0n) is 22.1. The number of imidazole rings is 1. The Labute approximate surface area is 203 Å². The number of aryl methyl sites for hydroxylation is 1. The van der Waals surface area contributed by atoms with Crippen LogP contribution in [0.1, 0.15) is 78.3 Å². The van der Waals surface area contributed by atoms with E-state index < -0.39 is 0 Å². The Balaban J connectivity index is 1.55. The third-order valence-corrected chi connectivity index (χ3v) is 8.06. The highest BCUT2D eigenvalue weighted by Gasteiger charge is 2.39. The molecule has 4 rings (SSSR count). The van der Waals surface area contributed by atoms with Gasteiger partial charge in [-0.05, 0) is 75.2 Å². The lowest BCUT2D eigenvalue weighted by Crippen LogP contribution is -2.51. The summed E-state index contributed by atoms with van der Waals surface area (Å²) in [6.07, 6.45) is 4.86. The summed E-state index contributed by atoms with van der Waals surface area (Å²) >= 11 is 0. The van der Waals surface area contributed by atoms with Crippen molar-refractivity contribution in [3.05, 3.63) is 28.3 Å². The van der Waals surface area contributed by atoms with Crippen LogP contribution in [0.4, 0.5) is 0 Å². The molecule has 2 atom stereocenters. The third kappa shape index (κ3) is 5.09. The number of amides is 1. The van der Waals surface area contributed by atoms with Crippen LogP contribution in [0.15, 0.2) is 16.9 Å². The standard InChI is InChI=1S/C27H43N5O2/c1-26(2,3)17-32-21-9-8-20(28-23(21)31(7)25(32)34)19-10-13-27(4,5)22(16-19)29-24(33)18-11-14-30(6)15-12-18/h8-9,18-19,22H,10-17H2,1-7H3,(H,29,33). The summed E-state index contributed by atoms with van der Waals surface area (Å²) in [5, 5.41) is 3.44. The normalized spacial score (nSPS) is 24.4. The van der Waals surface area contributed by atoms with Gasteiger partial charge in [0.15, 0.2) is 5.65 Å². The van der Waals surface area contributed by atoms with E-state index in [-0.39, 0.29) is 40.3 Å². The lowest BCUT2D eigenvalue weighted by molar-refractivity contribution is -0.128. The quantitative estimate of drug-likeness (QED) is 0.737. The molecular weight excluding hydrogens is 426 g/mol. The molecule has 1 N–H and O–H groups in total. The minimum absolute atomic E-state index is 0.00487. The number of piperidine rings is 1. The van der Waals surface area contributed by atoms with E-state index in [1.54, 1.807) is 4.57 Å². The van der Waals surface area contributed by atoms with E-state index in [0.717, 1.165) is 62.1 Å². The van der Waals surface area contributed by atoms with E-state index in [2.05, 4.69) is 64.0 Å². The van der Waals surface area contributed by atoms with Gasteiger partial charge in [0.25, 0.3) is 0 Å². The molecule has 2 aromatic heterocycles. The summed E-state index contributed by atoms with van der Waals surface area (Å²) in [5.74, 6) is 0.622. The van der Waals surface area contributed by atoms with Gasteiger partial charge in [0.05, 0.1) is 5.52 Å². The van der Waals surface area contributed by atoms with Crippen molar-refractivity contribution in [2.75, 3.05) is 20.1 Å². The Morgan fingerprint density at radius 3 is 2.47 bits per heavy atom. The van der Waals surface area contributed by atoms with E-state index >= 15 is 0 Å². The van der Waals surface area contributed by atoms with E-state index in [9.17, 15) is 9.59 Å². The molecule has 2 unspecified atom stereocenters. The van der Waals surface area contributed by atoms with Crippen LogP contribution in [0.25, 0.3) is 11.2 Å². The Hall–Kier alpha value is -2.15. The van der Waals surface area contributed by atoms with Gasteiger partial charge in [-0.25, -0.2) is 9.78 Å². The van der Waals surface area contributed by atoms with Crippen LogP contribution in [0.2, 0.25) is 0 Å². The highest BCUT2D eigenvalue weighted by atomic mass is 16.2. The topological polar surface area (TPSA) is 72.2 Å². The van der Waals surface area contributed by atoms with E-state index in [1.165, 1.54) is 0 Å². The first-order valence-electron chi connectivity index (χ1n) is 12.9. The first-order valence-corrected chi connectivity index (χ1v) is 12.9. The predicted molar refractivity (Wildman–Crippen MR) is 137 cm³/mol. The number of hydrogen-bond acceptors (Lipinski definition) is 4.